The molecule has 0 saturated heterocycles. The molecule has 0 spiro atoms. The van der Waals surface area contributed by atoms with E-state index in [2.05, 4.69) is 10.6 Å². The van der Waals surface area contributed by atoms with E-state index in [-0.39, 0.29) is 11.3 Å². The molecule has 0 aliphatic heterocycles. The molecule has 9 heteroatoms. The molecule has 1 amide bonds. The molecule has 0 heterocycles. The Bertz CT molecular complexity index is 1420. The number of hydrogen-bond acceptors (Lipinski definition) is 8. The Morgan fingerprint density at radius 1 is 0.816 bits per heavy atom. The molecule has 38 heavy (non-hydrogen) atoms. The smallest absolute Gasteiger partial charge is 0.217 e. The lowest BCUT2D eigenvalue weighted by Crippen LogP contribution is -2.26. The zero-order chi connectivity index (χ0) is 27.4. The largest absolute Gasteiger partial charge is 0.497 e. The molecule has 3 aromatic carbocycles. The average molecular weight is 521 g/mol. The van der Waals surface area contributed by atoms with Gasteiger partial charge in [0.05, 0.1) is 53.0 Å². The normalized spacial score (nSPS) is 13.8. The maximum Gasteiger partial charge on any atom is 0.217 e. The molecule has 200 valence electrons. The Morgan fingerprint density at radius 3 is 2.18 bits per heavy atom. The van der Waals surface area contributed by atoms with Gasteiger partial charge in [-0.05, 0) is 59.9 Å². The SMILES string of the molecule is COc1ccc(OC)c(Nc2ccc3c(cc2=O)C(NC(C)=O)CCc2cc(OC)c(OC)c(OC)c2-3)c1. The first-order valence-corrected chi connectivity index (χ1v) is 12.1. The topological polar surface area (TPSA) is 104 Å². The van der Waals surface area contributed by atoms with Gasteiger partial charge in [0.2, 0.25) is 17.1 Å². The fraction of sp³-hybridized carbons (Fsp3) is 0.310. The lowest BCUT2D eigenvalue weighted by atomic mass is 9.95. The van der Waals surface area contributed by atoms with Gasteiger partial charge in [0.15, 0.2) is 11.5 Å². The van der Waals surface area contributed by atoms with Gasteiger partial charge in [-0.3, -0.25) is 9.59 Å². The fourth-order valence-corrected chi connectivity index (χ4v) is 4.87. The van der Waals surface area contributed by atoms with Gasteiger partial charge >= 0.3 is 0 Å². The third-order valence-electron chi connectivity index (χ3n) is 6.59. The van der Waals surface area contributed by atoms with Gasteiger partial charge in [-0.1, -0.05) is 6.07 Å². The van der Waals surface area contributed by atoms with Crippen LogP contribution in [0, 0.1) is 0 Å². The highest BCUT2D eigenvalue weighted by atomic mass is 16.5. The minimum Gasteiger partial charge on any atom is -0.497 e. The zero-order valence-corrected chi connectivity index (χ0v) is 22.4. The molecule has 0 radical (unpaired) electrons. The molecule has 1 aliphatic rings. The number of amides is 1. The van der Waals surface area contributed by atoms with Gasteiger partial charge in [0.1, 0.15) is 11.5 Å². The van der Waals surface area contributed by atoms with Gasteiger partial charge in [0, 0.05) is 18.6 Å². The first-order valence-electron chi connectivity index (χ1n) is 12.1. The van der Waals surface area contributed by atoms with E-state index < -0.39 is 6.04 Å². The van der Waals surface area contributed by atoms with Crippen LogP contribution in [0.4, 0.5) is 11.4 Å². The van der Waals surface area contributed by atoms with Crippen molar-refractivity contribution in [1.82, 2.24) is 5.32 Å². The molecule has 1 aliphatic carbocycles. The number of ether oxygens (including phenoxy) is 5. The highest BCUT2D eigenvalue weighted by molar-refractivity contribution is 5.84. The predicted octanol–water partition coefficient (Wildman–Crippen LogP) is 4.62. The van der Waals surface area contributed by atoms with Crippen LogP contribution in [0.25, 0.3) is 11.1 Å². The summed E-state index contributed by atoms with van der Waals surface area (Å²) in [5, 5.41) is 6.21. The van der Waals surface area contributed by atoms with Crippen molar-refractivity contribution in [3.05, 3.63) is 63.8 Å². The Balaban J connectivity index is 1.97. The minimum absolute atomic E-state index is 0.188. The first-order chi connectivity index (χ1) is 18.3. The molecule has 0 bridgehead atoms. The summed E-state index contributed by atoms with van der Waals surface area (Å²) in [5.74, 6) is 2.47. The Hall–Kier alpha value is -4.40. The van der Waals surface area contributed by atoms with Crippen molar-refractivity contribution < 1.29 is 28.5 Å². The van der Waals surface area contributed by atoms with Crippen molar-refractivity contribution in [2.75, 3.05) is 40.9 Å². The lowest BCUT2D eigenvalue weighted by molar-refractivity contribution is -0.119. The van der Waals surface area contributed by atoms with E-state index in [1.807, 2.05) is 12.1 Å². The number of fused-ring (bicyclic) bond motifs is 3. The number of carbonyl (C=O) groups excluding carboxylic acids is 1. The van der Waals surface area contributed by atoms with Crippen LogP contribution >= 0.6 is 0 Å². The van der Waals surface area contributed by atoms with E-state index in [0.29, 0.717) is 58.5 Å². The molecule has 0 fully saturated rings. The predicted molar refractivity (Wildman–Crippen MR) is 146 cm³/mol. The van der Waals surface area contributed by atoms with Crippen molar-refractivity contribution in [2.24, 2.45) is 0 Å². The number of methoxy groups -OCH3 is 5. The van der Waals surface area contributed by atoms with Gasteiger partial charge in [-0.25, -0.2) is 0 Å². The van der Waals surface area contributed by atoms with Crippen LogP contribution in [0.3, 0.4) is 0 Å². The maximum absolute atomic E-state index is 13.6. The summed E-state index contributed by atoms with van der Waals surface area (Å²) in [6, 6.07) is 12.0. The van der Waals surface area contributed by atoms with E-state index >= 15 is 0 Å². The molecule has 3 aromatic rings. The number of hydrogen-bond donors (Lipinski definition) is 2. The Kier molecular flexibility index (Phi) is 7.95. The van der Waals surface area contributed by atoms with Crippen LogP contribution in [0.15, 0.2) is 47.3 Å². The van der Waals surface area contributed by atoms with Crippen LogP contribution < -0.4 is 39.7 Å². The summed E-state index contributed by atoms with van der Waals surface area (Å²) in [4.78, 5) is 25.7. The van der Waals surface area contributed by atoms with Crippen LogP contribution in [-0.2, 0) is 11.2 Å². The second-order valence-electron chi connectivity index (χ2n) is 8.79. The quantitative estimate of drug-likeness (QED) is 0.443. The second kappa shape index (κ2) is 11.3. The summed E-state index contributed by atoms with van der Waals surface area (Å²) >= 11 is 0. The highest BCUT2D eigenvalue weighted by Crippen LogP contribution is 2.50. The number of carbonyl (C=O) groups is 1. The highest BCUT2D eigenvalue weighted by Gasteiger charge is 2.29. The van der Waals surface area contributed by atoms with E-state index in [1.54, 1.807) is 65.9 Å². The van der Waals surface area contributed by atoms with Crippen LogP contribution in [0.5, 0.6) is 28.7 Å². The van der Waals surface area contributed by atoms with Crippen molar-refractivity contribution in [3.8, 4) is 39.9 Å². The maximum atomic E-state index is 13.6. The molecule has 0 aromatic heterocycles. The van der Waals surface area contributed by atoms with Crippen LogP contribution in [0.2, 0.25) is 0 Å². The number of rotatable bonds is 8. The van der Waals surface area contributed by atoms with Gasteiger partial charge in [0.25, 0.3) is 0 Å². The Labute approximate surface area is 221 Å². The number of anilines is 2. The minimum atomic E-state index is -0.393. The molecular formula is C29H32N2O7. The number of nitrogens with one attached hydrogen (secondary N) is 2. The number of benzene rings is 2. The summed E-state index contributed by atoms with van der Waals surface area (Å²) in [6.45, 7) is 1.47. The lowest BCUT2D eigenvalue weighted by Gasteiger charge is -2.19. The van der Waals surface area contributed by atoms with E-state index in [0.717, 1.165) is 16.7 Å². The second-order valence-corrected chi connectivity index (χ2v) is 8.79. The number of aryl methyl sites for hydroxylation is 1. The zero-order valence-electron chi connectivity index (χ0n) is 22.4. The molecule has 1 atom stereocenters. The molecular weight excluding hydrogens is 488 g/mol. The first kappa shape index (κ1) is 26.7. The monoisotopic (exact) mass is 520 g/mol. The van der Waals surface area contributed by atoms with Gasteiger partial charge in [-0.2, -0.15) is 0 Å². The van der Waals surface area contributed by atoms with Crippen LogP contribution in [0.1, 0.15) is 30.5 Å². The molecule has 9 nitrogen and oxygen atoms in total. The van der Waals surface area contributed by atoms with Crippen LogP contribution in [-0.4, -0.2) is 41.5 Å². The van der Waals surface area contributed by atoms with Crippen molar-refractivity contribution in [1.29, 1.82) is 0 Å². The average Bonchev–Trinajstić information content (AvgIpc) is 3.16. The summed E-state index contributed by atoms with van der Waals surface area (Å²) in [5.41, 5.74) is 3.82. The molecule has 1 unspecified atom stereocenters. The standard InChI is InChI=1S/C29H32N2O7/c1-16(32)30-21-10-7-17-13-26(36-4)28(37-5)29(38-6)27(17)19-9-11-22(24(33)15-20(19)21)31-23-14-18(34-2)8-12-25(23)35-3/h8-9,11-15,21H,7,10H2,1-6H3,(H,30,32)(H,31,33). The Morgan fingerprint density at radius 2 is 1.55 bits per heavy atom. The summed E-state index contributed by atoms with van der Waals surface area (Å²) in [7, 11) is 7.82. The van der Waals surface area contributed by atoms with E-state index in [1.165, 1.54) is 6.92 Å². The molecule has 0 saturated carbocycles. The van der Waals surface area contributed by atoms with Gasteiger partial charge in [-0.15, -0.1) is 0 Å². The van der Waals surface area contributed by atoms with E-state index in [4.69, 9.17) is 23.7 Å². The summed E-state index contributed by atoms with van der Waals surface area (Å²) < 4.78 is 27.9. The third-order valence-corrected chi connectivity index (χ3v) is 6.59. The third kappa shape index (κ3) is 5.04. The van der Waals surface area contributed by atoms with Gasteiger partial charge < -0.3 is 34.3 Å². The van der Waals surface area contributed by atoms with E-state index in [9.17, 15) is 9.59 Å². The van der Waals surface area contributed by atoms with Crippen molar-refractivity contribution >= 4 is 17.3 Å². The van der Waals surface area contributed by atoms with Crippen molar-refractivity contribution in [3.63, 3.8) is 0 Å². The van der Waals surface area contributed by atoms with Crippen molar-refractivity contribution in [2.45, 2.75) is 25.8 Å². The molecule has 2 N–H and O–H groups in total. The fourth-order valence-electron chi connectivity index (χ4n) is 4.87. The summed E-state index contributed by atoms with van der Waals surface area (Å²) in [6.07, 6.45) is 1.20. The molecule has 4 rings (SSSR count).